The van der Waals surface area contributed by atoms with Gasteiger partial charge in [-0.25, -0.2) is 0 Å². The number of benzene rings is 4. The molecule has 0 N–H and O–H groups in total. The highest BCUT2D eigenvalue weighted by molar-refractivity contribution is 8.17. The molecule has 3 nitrogen and oxygen atoms in total. The first-order valence-electron chi connectivity index (χ1n) is 12.2. The molecule has 38 heavy (non-hydrogen) atoms. The fraction of sp³-hybridized carbons (Fsp3) is 0.0625. The molecule has 0 aliphatic heterocycles. The zero-order valence-corrected chi connectivity index (χ0v) is 23.0. The van der Waals surface area contributed by atoms with Crippen LogP contribution in [0.4, 0.5) is 0 Å². The second-order valence-electron chi connectivity index (χ2n) is 8.23. The zero-order valence-electron chi connectivity index (χ0n) is 20.6. The highest BCUT2D eigenvalue weighted by Crippen LogP contribution is 2.38. The molecule has 0 aliphatic carbocycles. The number of hydrogen-bond donors (Lipinski definition) is 0. The summed E-state index contributed by atoms with van der Waals surface area (Å²) in [5.74, 6) is 1.47. The maximum atomic E-state index is 6.33. The third-order valence-electron chi connectivity index (χ3n) is 5.41. The Morgan fingerprint density at radius 3 is 1.79 bits per heavy atom. The van der Waals surface area contributed by atoms with Gasteiger partial charge in [-0.2, -0.15) is 4.40 Å². The van der Waals surface area contributed by atoms with Gasteiger partial charge < -0.3 is 4.74 Å². The van der Waals surface area contributed by atoms with Crippen molar-refractivity contribution in [2.75, 3.05) is 0 Å². The molecule has 0 bridgehead atoms. The highest BCUT2D eigenvalue weighted by Gasteiger charge is 2.18. The topological polar surface area (TPSA) is 34.5 Å². The molecule has 0 saturated heterocycles. The predicted octanol–water partition coefficient (Wildman–Crippen LogP) is 9.53. The molecule has 0 saturated carbocycles. The van der Waals surface area contributed by atoms with E-state index in [4.69, 9.17) is 9.13 Å². The van der Waals surface area contributed by atoms with E-state index in [0.717, 1.165) is 21.9 Å². The Hall–Kier alpha value is -3.45. The van der Waals surface area contributed by atoms with Gasteiger partial charge >= 0.3 is 0 Å². The minimum absolute atomic E-state index is 0.175. The van der Waals surface area contributed by atoms with Crippen molar-refractivity contribution in [3.63, 3.8) is 0 Å². The van der Waals surface area contributed by atoms with Crippen molar-refractivity contribution < 1.29 is 4.74 Å². The van der Waals surface area contributed by atoms with Crippen LogP contribution in [0.15, 0.2) is 159 Å². The summed E-state index contributed by atoms with van der Waals surface area (Å²) in [6.45, 7) is 0. The summed E-state index contributed by atoms with van der Waals surface area (Å²) >= 11 is 5.09. The summed E-state index contributed by atoms with van der Waals surface area (Å²) in [6.07, 6.45) is 2.47. The van der Waals surface area contributed by atoms with Crippen molar-refractivity contribution >= 4 is 41.4 Å². The Balaban J connectivity index is 1.37. The molecule has 0 fully saturated rings. The molecule has 5 aromatic rings. The van der Waals surface area contributed by atoms with E-state index >= 15 is 0 Å². The first-order chi connectivity index (χ1) is 18.8. The number of hydrogen-bond acceptors (Lipinski definition) is 6. The quantitative estimate of drug-likeness (QED) is 0.0569. The van der Waals surface area contributed by atoms with Gasteiger partial charge in [-0.1, -0.05) is 72.8 Å². The van der Waals surface area contributed by atoms with Crippen molar-refractivity contribution in [1.29, 1.82) is 0 Å². The van der Waals surface area contributed by atoms with E-state index in [1.165, 1.54) is 21.7 Å². The Morgan fingerprint density at radius 2 is 1.21 bits per heavy atom. The van der Waals surface area contributed by atoms with Crippen LogP contribution >= 0.6 is 35.5 Å². The normalized spacial score (nSPS) is 11.4. The van der Waals surface area contributed by atoms with Crippen LogP contribution in [0, 0.1) is 0 Å². The van der Waals surface area contributed by atoms with Crippen LogP contribution in [0.2, 0.25) is 0 Å². The number of para-hydroxylation sites is 1. The van der Waals surface area contributed by atoms with Crippen molar-refractivity contribution in [3.8, 4) is 17.0 Å². The van der Waals surface area contributed by atoms with Gasteiger partial charge in [-0.15, -0.1) is 23.5 Å². The van der Waals surface area contributed by atoms with E-state index in [0.29, 0.717) is 12.3 Å². The summed E-state index contributed by atoms with van der Waals surface area (Å²) in [4.78, 5) is 7.93. The van der Waals surface area contributed by atoms with Crippen molar-refractivity contribution in [3.05, 3.63) is 140 Å². The molecule has 188 valence electrons. The molecular weight excluding hydrogens is 525 g/mol. The van der Waals surface area contributed by atoms with Crippen LogP contribution in [0.25, 0.3) is 11.3 Å². The molecule has 0 aliphatic rings. The van der Waals surface area contributed by atoms with Gasteiger partial charge in [0.1, 0.15) is 5.75 Å². The number of thioether (sulfide) groups is 2. The van der Waals surface area contributed by atoms with Crippen LogP contribution in [-0.4, -0.2) is 15.5 Å². The van der Waals surface area contributed by atoms with Crippen molar-refractivity contribution in [2.45, 2.75) is 25.7 Å². The Morgan fingerprint density at radius 1 is 0.632 bits per heavy atom. The van der Waals surface area contributed by atoms with Crippen molar-refractivity contribution in [2.24, 2.45) is 4.40 Å². The lowest BCUT2D eigenvalue weighted by atomic mass is 10.1. The predicted molar refractivity (Wildman–Crippen MR) is 163 cm³/mol. The van der Waals surface area contributed by atoms with E-state index in [9.17, 15) is 0 Å². The third-order valence-corrected chi connectivity index (χ3v) is 8.71. The van der Waals surface area contributed by atoms with Crippen LogP contribution in [-0.2, 0) is 0 Å². The Bertz CT molecular complexity index is 1370. The first kappa shape index (κ1) is 26.2. The molecule has 0 radical (unpaired) electrons. The lowest BCUT2D eigenvalue weighted by Crippen LogP contribution is -2.14. The molecule has 0 amide bonds. The van der Waals surface area contributed by atoms with E-state index in [2.05, 4.69) is 77.8 Å². The Kier molecular flexibility index (Phi) is 9.58. The van der Waals surface area contributed by atoms with E-state index in [1.807, 2.05) is 90.4 Å². The molecule has 6 heteroatoms. The minimum atomic E-state index is 0.175. The van der Waals surface area contributed by atoms with Gasteiger partial charge in [0, 0.05) is 44.8 Å². The molecular formula is C32H26N2OS3. The lowest BCUT2D eigenvalue weighted by molar-refractivity contribution is 0.537. The minimum Gasteiger partial charge on any atom is -0.442 e. The molecule has 0 unspecified atom stereocenters. The number of pyridine rings is 1. The van der Waals surface area contributed by atoms with Gasteiger partial charge in [0.2, 0.25) is 5.90 Å². The van der Waals surface area contributed by atoms with E-state index in [-0.39, 0.29) is 4.58 Å². The SMILES string of the molecule is c1ccc(OC(CC(Sc2ccccc2)Sc2ccccc2)=NSc2ccc(-c3ccccn3)cc2)cc1. The summed E-state index contributed by atoms with van der Waals surface area (Å²) in [5, 5.41) is 0. The van der Waals surface area contributed by atoms with E-state index in [1.54, 1.807) is 0 Å². The van der Waals surface area contributed by atoms with Gasteiger partial charge in [0.05, 0.1) is 10.3 Å². The summed E-state index contributed by atoms with van der Waals surface area (Å²) < 4.78 is 11.4. The summed E-state index contributed by atoms with van der Waals surface area (Å²) in [5.41, 5.74) is 2.04. The smallest absolute Gasteiger partial charge is 0.203 e. The van der Waals surface area contributed by atoms with Gasteiger partial charge in [0.25, 0.3) is 0 Å². The average Bonchev–Trinajstić information content (AvgIpc) is 2.98. The highest BCUT2D eigenvalue weighted by atomic mass is 32.2. The van der Waals surface area contributed by atoms with Gasteiger partial charge in [0.15, 0.2) is 0 Å². The molecule has 5 rings (SSSR count). The fourth-order valence-electron chi connectivity index (χ4n) is 3.60. The number of aromatic nitrogens is 1. The maximum Gasteiger partial charge on any atom is 0.203 e. The average molecular weight is 551 g/mol. The Labute approximate surface area is 236 Å². The summed E-state index contributed by atoms with van der Waals surface area (Å²) in [7, 11) is 0. The molecule has 0 atom stereocenters. The van der Waals surface area contributed by atoms with Crippen LogP contribution in [0.5, 0.6) is 5.75 Å². The first-order valence-corrected chi connectivity index (χ1v) is 14.8. The van der Waals surface area contributed by atoms with Crippen LogP contribution < -0.4 is 4.74 Å². The van der Waals surface area contributed by atoms with Gasteiger partial charge in [-0.3, -0.25) is 4.98 Å². The van der Waals surface area contributed by atoms with Crippen LogP contribution in [0.1, 0.15) is 6.42 Å². The molecule has 4 aromatic carbocycles. The third kappa shape index (κ3) is 8.02. The zero-order chi connectivity index (χ0) is 25.8. The largest absolute Gasteiger partial charge is 0.442 e. The second-order valence-corrected chi connectivity index (χ2v) is 11.9. The van der Waals surface area contributed by atoms with Crippen molar-refractivity contribution in [1.82, 2.24) is 4.98 Å². The standard InChI is InChI=1S/C32H26N2OS3/c1-4-12-26(13-5-1)35-31(34-38-29-21-19-25(20-22-29)30-18-10-11-23-33-30)24-32(36-27-14-6-2-7-15-27)37-28-16-8-3-9-17-28/h1-23,32H,24H2. The fourth-order valence-corrected chi connectivity index (χ4v) is 6.72. The van der Waals surface area contributed by atoms with Gasteiger partial charge in [-0.05, 0) is 60.7 Å². The number of nitrogens with zero attached hydrogens (tertiary/aromatic N) is 2. The monoisotopic (exact) mass is 550 g/mol. The molecule has 0 spiro atoms. The number of ether oxygens (including phenoxy) is 1. The molecule has 1 aromatic heterocycles. The molecule has 1 heterocycles. The summed E-state index contributed by atoms with van der Waals surface area (Å²) in [6, 6.07) is 45.1. The van der Waals surface area contributed by atoms with Crippen LogP contribution in [0.3, 0.4) is 0 Å². The maximum absolute atomic E-state index is 6.33. The number of rotatable bonds is 10. The van der Waals surface area contributed by atoms with E-state index < -0.39 is 0 Å². The lowest BCUT2D eigenvalue weighted by Gasteiger charge is -2.18. The second kappa shape index (κ2) is 13.9.